The topological polar surface area (TPSA) is 72.0 Å². The maximum Gasteiger partial charge on any atom is 0.184 e. The number of quaternary nitrogens is 1. The molecule has 0 aliphatic carbocycles. The molecule has 1 atom stereocenters. The molecule has 2 aromatic rings. The molecule has 7 heteroatoms. The minimum atomic E-state index is -2.44. The summed E-state index contributed by atoms with van der Waals surface area (Å²) >= 11 is -2.44. The third-order valence-corrected chi connectivity index (χ3v) is 4.32. The molecule has 0 saturated heterocycles. The first-order valence-corrected chi connectivity index (χ1v) is 8.92. The molecule has 3 N–H and O–H groups in total. The van der Waals surface area contributed by atoms with Crippen molar-refractivity contribution in [2.45, 2.75) is 6.92 Å². The summed E-state index contributed by atoms with van der Waals surface area (Å²) in [4.78, 5) is 0. The summed E-state index contributed by atoms with van der Waals surface area (Å²) in [6.07, 6.45) is 3.63. The fourth-order valence-electron chi connectivity index (χ4n) is 2.36. The third-order valence-electron chi connectivity index (χ3n) is 3.61. The number of nitrogens with zero attached hydrogens (tertiary/aromatic N) is 1. The fraction of sp³-hybridized carbons (Fsp3) is 0.222. The number of hydrogen-bond donors (Lipinski definition) is 2. The quantitative estimate of drug-likeness (QED) is 0.428. The normalized spacial score (nSPS) is 12.5. The molecular formula is C18H22FN3O2S. The molecule has 0 aliphatic heterocycles. The lowest BCUT2D eigenvalue weighted by Gasteiger charge is -2.25. The Morgan fingerprint density at radius 1 is 1.24 bits per heavy atom. The first kappa shape index (κ1) is 19.3. The lowest BCUT2D eigenvalue weighted by Crippen LogP contribution is -2.72. The molecule has 134 valence electrons. The van der Waals surface area contributed by atoms with E-state index in [-0.39, 0.29) is 12.4 Å². The molecule has 0 heterocycles. The minimum absolute atomic E-state index is 0.207. The molecule has 0 aliphatic rings. The van der Waals surface area contributed by atoms with E-state index in [1.54, 1.807) is 41.7 Å². The first-order valence-electron chi connectivity index (χ1n) is 7.89. The van der Waals surface area contributed by atoms with E-state index in [0.29, 0.717) is 23.6 Å². The van der Waals surface area contributed by atoms with Gasteiger partial charge in [-0.1, -0.05) is 30.4 Å². The molecule has 0 amide bonds. The van der Waals surface area contributed by atoms with E-state index in [4.69, 9.17) is 0 Å². The minimum Gasteiger partial charge on any atom is -0.755 e. The average molecular weight is 363 g/mol. The van der Waals surface area contributed by atoms with Crippen molar-refractivity contribution in [1.29, 1.82) is 0 Å². The van der Waals surface area contributed by atoms with Gasteiger partial charge in [-0.2, -0.15) is 0 Å². The van der Waals surface area contributed by atoms with Crippen LogP contribution < -0.4 is 14.9 Å². The summed E-state index contributed by atoms with van der Waals surface area (Å²) < 4.78 is 38.7. The smallest absolute Gasteiger partial charge is 0.184 e. The van der Waals surface area contributed by atoms with Gasteiger partial charge in [-0.25, -0.2) is 4.39 Å². The number of benzene rings is 2. The Kier molecular flexibility index (Phi) is 7.27. The van der Waals surface area contributed by atoms with E-state index in [9.17, 15) is 13.2 Å². The lowest BCUT2D eigenvalue weighted by atomic mass is 10.2. The fourth-order valence-corrected chi connectivity index (χ4v) is 2.90. The summed E-state index contributed by atoms with van der Waals surface area (Å²) in [5, 5.41) is 4.61. The van der Waals surface area contributed by atoms with Crippen molar-refractivity contribution < 1.29 is 18.5 Å². The van der Waals surface area contributed by atoms with Crippen molar-refractivity contribution in [2.75, 3.05) is 24.4 Å². The van der Waals surface area contributed by atoms with Crippen LogP contribution in [0.1, 0.15) is 5.56 Å². The van der Waals surface area contributed by atoms with E-state index >= 15 is 0 Å². The molecular weight excluding hydrogens is 341 g/mol. The standard InChI is InChI=1S/C18H22FN3O2S/c1-14-9-10-16(15(19)13-14)21-17-7-3-4-8-18(17)22(25(23)24)12-6-5-11-20-2/h3-10,13,20-21H,11-12H2,1-2H3,(H,23,24). The number of nitrogens with one attached hydrogen (secondary N) is 1. The second kappa shape index (κ2) is 9.43. The molecule has 25 heavy (non-hydrogen) atoms. The van der Waals surface area contributed by atoms with E-state index in [2.05, 4.69) is 5.32 Å². The Morgan fingerprint density at radius 2 is 2.00 bits per heavy atom. The number of likely N-dealkylation sites (N-methyl/N-ethyl adjacent to an activating group) is 1. The van der Waals surface area contributed by atoms with Crippen molar-refractivity contribution in [3.8, 4) is 0 Å². The Balaban J connectivity index is 2.29. The molecule has 2 rings (SSSR count). The highest BCUT2D eigenvalue weighted by Crippen LogP contribution is 2.24. The van der Waals surface area contributed by atoms with Crippen molar-refractivity contribution in [1.82, 2.24) is 5.32 Å². The molecule has 0 saturated carbocycles. The van der Waals surface area contributed by atoms with Crippen molar-refractivity contribution >= 4 is 28.3 Å². The molecule has 1 unspecified atom stereocenters. The zero-order valence-electron chi connectivity index (χ0n) is 14.2. The second-order valence-corrected chi connectivity index (χ2v) is 6.41. The first-order chi connectivity index (χ1) is 12.0. The van der Waals surface area contributed by atoms with Crippen molar-refractivity contribution in [3.63, 3.8) is 0 Å². The van der Waals surface area contributed by atoms with Gasteiger partial charge in [0.2, 0.25) is 0 Å². The van der Waals surface area contributed by atoms with Gasteiger partial charge in [0.1, 0.15) is 5.69 Å². The predicted molar refractivity (Wildman–Crippen MR) is 98.2 cm³/mol. The second-order valence-electron chi connectivity index (χ2n) is 5.54. The third kappa shape index (κ3) is 5.47. The van der Waals surface area contributed by atoms with Crippen LogP contribution in [0.5, 0.6) is 0 Å². The number of aryl methyl sites for hydroxylation is 1. The van der Waals surface area contributed by atoms with E-state index in [1.165, 1.54) is 10.4 Å². The van der Waals surface area contributed by atoms with Gasteiger partial charge < -0.3 is 9.87 Å². The molecule has 2 aromatic carbocycles. The number of rotatable bonds is 8. The summed E-state index contributed by atoms with van der Waals surface area (Å²) in [5.41, 5.74) is 2.39. The molecule has 0 bridgehead atoms. The summed E-state index contributed by atoms with van der Waals surface area (Å²) in [6, 6.07) is 12.0. The van der Waals surface area contributed by atoms with Gasteiger partial charge in [0, 0.05) is 36.5 Å². The van der Waals surface area contributed by atoms with E-state index in [1.807, 2.05) is 26.1 Å². The molecule has 5 nitrogen and oxygen atoms in total. The van der Waals surface area contributed by atoms with Crippen LogP contribution in [-0.2, 0) is 11.3 Å². The number of hydrogen-bond acceptors (Lipinski definition) is 3. The van der Waals surface area contributed by atoms with E-state index in [0.717, 1.165) is 5.56 Å². The maximum atomic E-state index is 14.1. The van der Waals surface area contributed by atoms with Crippen LogP contribution in [0.4, 0.5) is 21.5 Å². The van der Waals surface area contributed by atoms with Crippen LogP contribution in [0.2, 0.25) is 0 Å². The van der Waals surface area contributed by atoms with Gasteiger partial charge in [0.25, 0.3) is 0 Å². The van der Waals surface area contributed by atoms with Gasteiger partial charge in [-0.05, 0) is 31.7 Å². The maximum absolute atomic E-state index is 14.1. The van der Waals surface area contributed by atoms with Crippen molar-refractivity contribution in [2.24, 2.45) is 0 Å². The number of anilines is 1. The number of para-hydroxylation sites is 2. The van der Waals surface area contributed by atoms with Crippen LogP contribution in [0, 0.1) is 12.7 Å². The largest absolute Gasteiger partial charge is 0.755 e. The average Bonchev–Trinajstić information content (AvgIpc) is 2.58. The molecule has 0 spiro atoms. The highest BCUT2D eigenvalue weighted by molar-refractivity contribution is 7.80. The summed E-state index contributed by atoms with van der Waals surface area (Å²) in [6.45, 7) is 2.68. The zero-order chi connectivity index (χ0) is 18.2. The van der Waals surface area contributed by atoms with Crippen LogP contribution in [-0.4, -0.2) is 28.9 Å². The number of nitrogens with two attached hydrogens (primary N) is 1. The summed E-state index contributed by atoms with van der Waals surface area (Å²) in [5.74, 6) is -0.335. The van der Waals surface area contributed by atoms with Crippen LogP contribution in [0.25, 0.3) is 0 Å². The predicted octanol–water partition coefficient (Wildman–Crippen LogP) is 2.04. The van der Waals surface area contributed by atoms with Crippen LogP contribution in [0.15, 0.2) is 54.6 Å². The number of halogens is 1. The molecule has 0 aromatic heterocycles. The molecule has 0 radical (unpaired) electrons. The Labute approximate surface area is 150 Å². The molecule has 0 fully saturated rings. The van der Waals surface area contributed by atoms with Gasteiger partial charge in [0.05, 0.1) is 0 Å². The SMILES string of the molecule is CNCC=CCN(c1ccccc1[NH2+]c1ccc(C)cc1F)S(=O)[O-]. The van der Waals surface area contributed by atoms with Crippen LogP contribution >= 0.6 is 0 Å². The monoisotopic (exact) mass is 363 g/mol. The lowest BCUT2D eigenvalue weighted by molar-refractivity contribution is -0.480. The highest BCUT2D eigenvalue weighted by atomic mass is 32.2. The van der Waals surface area contributed by atoms with Gasteiger partial charge in [0.15, 0.2) is 17.2 Å². The van der Waals surface area contributed by atoms with Gasteiger partial charge in [-0.3, -0.25) is 13.8 Å². The van der Waals surface area contributed by atoms with Gasteiger partial charge in [-0.15, -0.1) is 0 Å². The zero-order valence-corrected chi connectivity index (χ0v) is 15.1. The Hall–Kier alpha value is -2.06. The van der Waals surface area contributed by atoms with Crippen molar-refractivity contribution in [3.05, 3.63) is 66.0 Å². The van der Waals surface area contributed by atoms with Crippen LogP contribution in [0.3, 0.4) is 0 Å². The van der Waals surface area contributed by atoms with Gasteiger partial charge >= 0.3 is 0 Å². The summed E-state index contributed by atoms with van der Waals surface area (Å²) in [7, 11) is 1.81. The Morgan fingerprint density at radius 3 is 2.68 bits per heavy atom. The Bertz CT molecular complexity index is 768. The van der Waals surface area contributed by atoms with E-state index < -0.39 is 11.3 Å². The highest BCUT2D eigenvalue weighted by Gasteiger charge is 2.16.